The van der Waals surface area contributed by atoms with Crippen LogP contribution < -0.4 is 24.8 Å². The van der Waals surface area contributed by atoms with Gasteiger partial charge in [0, 0.05) is 23.8 Å². The third-order valence-corrected chi connectivity index (χ3v) is 4.46. The van der Waals surface area contributed by atoms with Crippen LogP contribution >= 0.6 is 0 Å². The molecule has 0 heterocycles. The van der Waals surface area contributed by atoms with E-state index in [1.807, 2.05) is 48.9 Å². The summed E-state index contributed by atoms with van der Waals surface area (Å²) in [6.45, 7) is 0. The zero-order valence-electron chi connectivity index (χ0n) is 16.8. The van der Waals surface area contributed by atoms with Crippen LogP contribution in [0, 0.1) is 12.5 Å². The van der Waals surface area contributed by atoms with E-state index in [0.29, 0.717) is 0 Å². The Hall–Kier alpha value is -2.53. The molecule has 0 spiro atoms. The van der Waals surface area contributed by atoms with Gasteiger partial charge in [0.05, 0.1) is 5.56 Å². The zero-order chi connectivity index (χ0) is 19.0. The second-order valence-electron chi connectivity index (χ2n) is 6.46. The molecule has 3 heteroatoms. The van der Waals surface area contributed by atoms with Crippen LogP contribution in [0.3, 0.4) is 0 Å². The largest absolute Gasteiger partial charge is 2.00 e. The average molecular weight is 475 g/mol. The number of rotatable bonds is 4. The van der Waals surface area contributed by atoms with Crippen LogP contribution in [0.2, 0.25) is 0 Å². The van der Waals surface area contributed by atoms with Crippen LogP contribution in [0.5, 0.6) is 0 Å². The van der Waals surface area contributed by atoms with E-state index in [1.54, 1.807) is 0 Å². The van der Waals surface area contributed by atoms with Gasteiger partial charge in [0.15, 0.2) is 0 Å². The SMILES string of the molecule is C(=C1C=C[CH-]C=C1)=C(C(=[C+]c1ccccc1)c1ccccc1)c1ccccc1.[Cl-].[Cl-].[Ti+2]. The van der Waals surface area contributed by atoms with Crippen molar-refractivity contribution in [3.8, 4) is 0 Å². The second kappa shape index (κ2) is 13.7. The van der Waals surface area contributed by atoms with Crippen LogP contribution in [0.1, 0.15) is 16.7 Å². The Bertz CT molecular complexity index is 1080. The topological polar surface area (TPSA) is 0 Å². The summed E-state index contributed by atoms with van der Waals surface area (Å²) in [5, 5.41) is 0. The summed E-state index contributed by atoms with van der Waals surface area (Å²) in [5.41, 5.74) is 10.0. The van der Waals surface area contributed by atoms with Crippen molar-refractivity contribution >= 4 is 11.1 Å². The minimum atomic E-state index is 0. The molecule has 0 nitrogen and oxygen atoms in total. The van der Waals surface area contributed by atoms with Crippen LogP contribution in [-0.2, 0) is 21.7 Å². The summed E-state index contributed by atoms with van der Waals surface area (Å²) in [4.78, 5) is 0. The molecule has 31 heavy (non-hydrogen) atoms. The molecule has 0 fully saturated rings. The van der Waals surface area contributed by atoms with E-state index in [4.69, 9.17) is 0 Å². The Labute approximate surface area is 212 Å². The minimum absolute atomic E-state index is 0. The van der Waals surface area contributed by atoms with Crippen molar-refractivity contribution in [2.24, 2.45) is 0 Å². The molecule has 4 rings (SSSR count). The first-order valence-corrected chi connectivity index (χ1v) is 9.39. The van der Waals surface area contributed by atoms with Gasteiger partial charge in [0.25, 0.3) is 0 Å². The monoisotopic (exact) mass is 474 g/mol. The van der Waals surface area contributed by atoms with Gasteiger partial charge in [-0.25, -0.2) is 0 Å². The summed E-state index contributed by atoms with van der Waals surface area (Å²) >= 11 is 0. The quantitative estimate of drug-likeness (QED) is 0.173. The van der Waals surface area contributed by atoms with Crippen molar-refractivity contribution in [3.63, 3.8) is 0 Å². The molecule has 0 saturated carbocycles. The van der Waals surface area contributed by atoms with Crippen molar-refractivity contribution in [2.45, 2.75) is 0 Å². The maximum absolute atomic E-state index is 3.63. The summed E-state index contributed by atoms with van der Waals surface area (Å²) in [6.07, 6.45) is 13.9. The molecule has 3 aromatic carbocycles. The normalized spacial score (nSPS) is 11.5. The van der Waals surface area contributed by atoms with Crippen LogP contribution in [0.25, 0.3) is 11.1 Å². The molecule has 0 unspecified atom stereocenters. The van der Waals surface area contributed by atoms with Gasteiger partial charge < -0.3 is 24.8 Å². The fourth-order valence-electron chi connectivity index (χ4n) is 3.10. The Kier molecular flexibility index (Phi) is 11.7. The molecule has 0 N–H and O–H groups in total. The average Bonchev–Trinajstić information content (AvgIpc) is 2.79. The van der Waals surface area contributed by atoms with E-state index >= 15 is 0 Å². The van der Waals surface area contributed by atoms with Gasteiger partial charge in [0.2, 0.25) is 0 Å². The second-order valence-corrected chi connectivity index (χ2v) is 6.46. The zero-order valence-corrected chi connectivity index (χ0v) is 19.9. The molecule has 1 aliphatic rings. The molecule has 0 amide bonds. The van der Waals surface area contributed by atoms with Gasteiger partial charge in [-0.05, 0) is 42.5 Å². The van der Waals surface area contributed by atoms with Gasteiger partial charge >= 0.3 is 21.7 Å². The third-order valence-electron chi connectivity index (χ3n) is 4.46. The first kappa shape index (κ1) is 26.5. The number of hydrogen-bond donors (Lipinski definition) is 0. The van der Waals surface area contributed by atoms with Gasteiger partial charge in [-0.1, -0.05) is 47.7 Å². The van der Waals surface area contributed by atoms with Gasteiger partial charge in [0.1, 0.15) is 16.7 Å². The molecule has 0 atom stereocenters. The maximum Gasteiger partial charge on any atom is 2.00 e. The predicted octanol–water partition coefficient (Wildman–Crippen LogP) is 0.866. The molecule has 3 aromatic rings. The van der Waals surface area contributed by atoms with Crippen LogP contribution in [-0.4, -0.2) is 0 Å². The van der Waals surface area contributed by atoms with E-state index in [1.165, 1.54) is 0 Å². The number of halogens is 2. The van der Waals surface area contributed by atoms with Crippen LogP contribution in [0.4, 0.5) is 0 Å². The molecule has 1 aliphatic carbocycles. The van der Waals surface area contributed by atoms with Gasteiger partial charge in [-0.3, -0.25) is 0 Å². The van der Waals surface area contributed by atoms with Crippen LogP contribution in [0.15, 0.2) is 127 Å². The number of benzene rings is 3. The fourth-order valence-corrected chi connectivity index (χ4v) is 3.10. The van der Waals surface area contributed by atoms with Gasteiger partial charge in [-0.2, -0.15) is 30.7 Å². The van der Waals surface area contributed by atoms with E-state index in [-0.39, 0.29) is 46.5 Å². The fraction of sp³-hybridized carbons (Fsp3) is 0. The summed E-state index contributed by atoms with van der Waals surface area (Å²) in [6, 6.07) is 31.1. The predicted molar refractivity (Wildman–Crippen MR) is 118 cm³/mol. The van der Waals surface area contributed by atoms with E-state index < -0.39 is 0 Å². The Morgan fingerprint density at radius 2 is 1.13 bits per heavy atom. The maximum atomic E-state index is 3.63. The number of allylic oxidation sites excluding steroid dienone is 6. The first-order chi connectivity index (χ1) is 13.9. The smallest absolute Gasteiger partial charge is 1.00 e. The molecular formula is C28H20Cl2Ti. The Morgan fingerprint density at radius 1 is 0.645 bits per heavy atom. The van der Waals surface area contributed by atoms with Crippen molar-refractivity contribution in [1.29, 1.82) is 0 Å². The van der Waals surface area contributed by atoms with E-state index in [0.717, 1.165) is 33.4 Å². The molecule has 0 radical (unpaired) electrons. The summed E-state index contributed by atoms with van der Waals surface area (Å²) < 4.78 is 0. The molecule has 0 saturated heterocycles. The van der Waals surface area contributed by atoms with Crippen molar-refractivity contribution in [3.05, 3.63) is 156 Å². The number of hydrogen-bond acceptors (Lipinski definition) is 0. The molecular weight excluding hydrogens is 455 g/mol. The van der Waals surface area contributed by atoms with E-state index in [2.05, 4.69) is 84.6 Å². The van der Waals surface area contributed by atoms with E-state index in [9.17, 15) is 0 Å². The summed E-state index contributed by atoms with van der Waals surface area (Å²) in [7, 11) is 0. The molecule has 0 bridgehead atoms. The van der Waals surface area contributed by atoms with Crippen molar-refractivity contribution < 1.29 is 46.5 Å². The minimum Gasteiger partial charge on any atom is -1.00 e. The first-order valence-electron chi connectivity index (χ1n) is 9.39. The van der Waals surface area contributed by atoms with Gasteiger partial charge in [-0.15, -0.1) is 0 Å². The standard InChI is InChI=1S/C28H20.2ClH.Ti/c1-5-13-23(14-6-1)21-27(25-17-9-3-10-18-25)28(26-19-11-4-12-20-26)22-24-15-7-2-8-16-24;;;/h1-20H;2*1H;/q;;;+2/p-2. The van der Waals surface area contributed by atoms with Crippen molar-refractivity contribution in [1.82, 2.24) is 0 Å². The molecule has 0 aromatic heterocycles. The summed E-state index contributed by atoms with van der Waals surface area (Å²) in [5.74, 6) is 0. The third kappa shape index (κ3) is 7.28. The Balaban J connectivity index is 0.00000160. The van der Waals surface area contributed by atoms with Crippen molar-refractivity contribution in [2.75, 3.05) is 0 Å². The molecule has 150 valence electrons. The Morgan fingerprint density at radius 3 is 1.68 bits per heavy atom. The molecule has 0 aliphatic heterocycles.